The Bertz CT molecular complexity index is 524. The quantitative estimate of drug-likeness (QED) is 0.944. The van der Waals surface area contributed by atoms with E-state index in [0.717, 1.165) is 11.3 Å². The third-order valence-corrected chi connectivity index (χ3v) is 3.20. The first-order chi connectivity index (χ1) is 8.11. The maximum atomic E-state index is 13.2. The van der Waals surface area contributed by atoms with Crippen LogP contribution in [0.5, 0.6) is 0 Å². The lowest BCUT2D eigenvalue weighted by molar-refractivity contribution is 0.612. The summed E-state index contributed by atoms with van der Waals surface area (Å²) in [5, 5.41) is 7.53. The Morgan fingerprint density at radius 1 is 1.41 bits per heavy atom. The summed E-state index contributed by atoms with van der Waals surface area (Å²) in [5.74, 6) is -0.260. The average molecular weight is 298 g/mol. The van der Waals surface area contributed by atoms with Crippen LogP contribution < -0.4 is 5.32 Å². The van der Waals surface area contributed by atoms with Gasteiger partial charge in [0.2, 0.25) is 0 Å². The van der Waals surface area contributed by atoms with E-state index in [4.69, 9.17) is 0 Å². The lowest BCUT2D eigenvalue weighted by Crippen LogP contribution is -2.18. The van der Waals surface area contributed by atoms with Gasteiger partial charge in [0.15, 0.2) is 0 Å². The lowest BCUT2D eigenvalue weighted by Gasteiger charge is -2.14. The van der Waals surface area contributed by atoms with E-state index in [-0.39, 0.29) is 11.9 Å². The van der Waals surface area contributed by atoms with Gasteiger partial charge in [-0.2, -0.15) is 5.10 Å². The van der Waals surface area contributed by atoms with Crippen LogP contribution in [0.25, 0.3) is 0 Å². The summed E-state index contributed by atoms with van der Waals surface area (Å²) in [6.07, 6.45) is 1.89. The summed E-state index contributed by atoms with van der Waals surface area (Å²) in [6.45, 7) is 0. The Labute approximate surface area is 108 Å². The first-order valence-electron chi connectivity index (χ1n) is 5.23. The zero-order valence-electron chi connectivity index (χ0n) is 9.61. The number of hydrogen-bond acceptors (Lipinski definition) is 2. The molecule has 1 aromatic heterocycles. The molecule has 0 aliphatic rings. The van der Waals surface area contributed by atoms with Crippen LogP contribution in [0.1, 0.15) is 17.3 Å². The molecular formula is C12H13BrFN3. The molecule has 1 atom stereocenters. The molecule has 0 aliphatic carbocycles. The van der Waals surface area contributed by atoms with E-state index >= 15 is 0 Å². The van der Waals surface area contributed by atoms with Crippen LogP contribution in [0.2, 0.25) is 0 Å². The molecule has 0 saturated heterocycles. The summed E-state index contributed by atoms with van der Waals surface area (Å²) >= 11 is 3.19. The van der Waals surface area contributed by atoms with Crippen molar-refractivity contribution in [2.45, 2.75) is 6.04 Å². The average Bonchev–Trinajstić information content (AvgIpc) is 2.71. The van der Waals surface area contributed by atoms with E-state index in [1.807, 2.05) is 26.4 Å². The maximum absolute atomic E-state index is 13.2. The van der Waals surface area contributed by atoms with E-state index in [1.54, 1.807) is 16.8 Å². The van der Waals surface area contributed by atoms with Gasteiger partial charge in [-0.05, 0) is 46.7 Å². The highest BCUT2D eigenvalue weighted by molar-refractivity contribution is 9.10. The standard InChI is InChI=1S/C12H13BrFN3/c1-15-12(11-5-6-17(2)16-11)8-3-4-10(14)9(13)7-8/h3-7,12,15H,1-2H3. The van der Waals surface area contributed by atoms with Crippen molar-refractivity contribution in [1.82, 2.24) is 15.1 Å². The van der Waals surface area contributed by atoms with Crippen LogP contribution in [-0.2, 0) is 7.05 Å². The number of aromatic nitrogens is 2. The minimum Gasteiger partial charge on any atom is -0.308 e. The summed E-state index contributed by atoms with van der Waals surface area (Å²) < 4.78 is 15.4. The highest BCUT2D eigenvalue weighted by Gasteiger charge is 2.15. The van der Waals surface area contributed by atoms with Gasteiger partial charge in [0.25, 0.3) is 0 Å². The molecule has 0 radical (unpaired) electrons. The van der Waals surface area contributed by atoms with Crippen LogP contribution in [0.4, 0.5) is 4.39 Å². The predicted molar refractivity (Wildman–Crippen MR) is 68.2 cm³/mol. The Hall–Kier alpha value is -1.20. The van der Waals surface area contributed by atoms with Crippen molar-refractivity contribution in [3.63, 3.8) is 0 Å². The molecule has 5 heteroatoms. The second kappa shape index (κ2) is 4.98. The van der Waals surface area contributed by atoms with Crippen LogP contribution in [0, 0.1) is 5.82 Å². The molecule has 17 heavy (non-hydrogen) atoms. The molecule has 0 fully saturated rings. The number of nitrogens with one attached hydrogen (secondary N) is 1. The van der Waals surface area contributed by atoms with Crippen LogP contribution >= 0.6 is 15.9 Å². The van der Waals surface area contributed by atoms with E-state index in [0.29, 0.717) is 4.47 Å². The van der Waals surface area contributed by atoms with Gasteiger partial charge in [-0.15, -0.1) is 0 Å². The maximum Gasteiger partial charge on any atom is 0.137 e. The van der Waals surface area contributed by atoms with Gasteiger partial charge in [0.05, 0.1) is 16.2 Å². The molecule has 2 rings (SSSR count). The summed E-state index contributed by atoms with van der Waals surface area (Å²) in [4.78, 5) is 0. The first-order valence-corrected chi connectivity index (χ1v) is 6.03. The van der Waals surface area contributed by atoms with Gasteiger partial charge in [0, 0.05) is 13.2 Å². The largest absolute Gasteiger partial charge is 0.308 e. The normalized spacial score (nSPS) is 12.7. The number of rotatable bonds is 3. The van der Waals surface area contributed by atoms with E-state index < -0.39 is 0 Å². The van der Waals surface area contributed by atoms with E-state index in [2.05, 4.69) is 26.3 Å². The van der Waals surface area contributed by atoms with Crippen molar-refractivity contribution < 1.29 is 4.39 Å². The smallest absolute Gasteiger partial charge is 0.137 e. The monoisotopic (exact) mass is 297 g/mol. The molecule has 0 spiro atoms. The van der Waals surface area contributed by atoms with Crippen molar-refractivity contribution in [2.75, 3.05) is 7.05 Å². The van der Waals surface area contributed by atoms with Crippen molar-refractivity contribution in [3.8, 4) is 0 Å². The zero-order valence-corrected chi connectivity index (χ0v) is 11.2. The molecule has 3 nitrogen and oxygen atoms in total. The molecule has 1 N–H and O–H groups in total. The highest BCUT2D eigenvalue weighted by Crippen LogP contribution is 2.24. The van der Waals surface area contributed by atoms with Gasteiger partial charge < -0.3 is 5.32 Å². The fraction of sp³-hybridized carbons (Fsp3) is 0.250. The molecule has 90 valence electrons. The van der Waals surface area contributed by atoms with E-state index in [9.17, 15) is 4.39 Å². The number of hydrogen-bond donors (Lipinski definition) is 1. The fourth-order valence-corrected chi connectivity index (χ4v) is 2.16. The van der Waals surface area contributed by atoms with Gasteiger partial charge in [-0.3, -0.25) is 4.68 Å². The second-order valence-electron chi connectivity index (χ2n) is 3.81. The fourth-order valence-electron chi connectivity index (χ4n) is 1.76. The van der Waals surface area contributed by atoms with E-state index in [1.165, 1.54) is 6.07 Å². The highest BCUT2D eigenvalue weighted by atomic mass is 79.9. The zero-order chi connectivity index (χ0) is 12.4. The third-order valence-electron chi connectivity index (χ3n) is 2.60. The Morgan fingerprint density at radius 2 is 2.18 bits per heavy atom. The van der Waals surface area contributed by atoms with Gasteiger partial charge in [-0.1, -0.05) is 6.07 Å². The van der Waals surface area contributed by atoms with Gasteiger partial charge in [-0.25, -0.2) is 4.39 Å². The first kappa shape index (κ1) is 12.3. The summed E-state index contributed by atoms with van der Waals surface area (Å²) in [6, 6.07) is 6.89. The minimum absolute atomic E-state index is 0.0342. The number of halogens is 2. The molecule has 1 heterocycles. The molecule has 0 amide bonds. The van der Waals surface area contributed by atoms with Crippen molar-refractivity contribution in [1.29, 1.82) is 0 Å². The van der Waals surface area contributed by atoms with Crippen LogP contribution in [-0.4, -0.2) is 16.8 Å². The molecule has 0 saturated carbocycles. The van der Waals surface area contributed by atoms with Crippen molar-refractivity contribution in [2.24, 2.45) is 7.05 Å². The Balaban J connectivity index is 2.38. The predicted octanol–water partition coefficient (Wildman–Crippen LogP) is 2.63. The summed E-state index contributed by atoms with van der Waals surface area (Å²) in [5.41, 5.74) is 1.88. The number of nitrogens with zero attached hydrogens (tertiary/aromatic N) is 2. The van der Waals surface area contributed by atoms with Gasteiger partial charge in [0.1, 0.15) is 5.82 Å². The molecule has 0 aliphatic heterocycles. The van der Waals surface area contributed by atoms with Gasteiger partial charge >= 0.3 is 0 Å². The molecule has 0 bridgehead atoms. The lowest BCUT2D eigenvalue weighted by atomic mass is 10.0. The molecule has 1 aromatic carbocycles. The molecular weight excluding hydrogens is 285 g/mol. The number of aryl methyl sites for hydroxylation is 1. The minimum atomic E-state index is -0.260. The Kier molecular flexibility index (Phi) is 3.59. The second-order valence-corrected chi connectivity index (χ2v) is 4.66. The molecule has 2 aromatic rings. The third kappa shape index (κ3) is 2.56. The topological polar surface area (TPSA) is 29.9 Å². The van der Waals surface area contributed by atoms with Crippen LogP contribution in [0.15, 0.2) is 34.9 Å². The van der Waals surface area contributed by atoms with Crippen molar-refractivity contribution in [3.05, 3.63) is 52.0 Å². The van der Waals surface area contributed by atoms with Crippen molar-refractivity contribution >= 4 is 15.9 Å². The number of benzene rings is 1. The SMILES string of the molecule is CNC(c1ccc(F)c(Br)c1)c1ccn(C)n1. The van der Waals surface area contributed by atoms with Crippen LogP contribution in [0.3, 0.4) is 0 Å². The molecule has 1 unspecified atom stereocenters. The Morgan fingerprint density at radius 3 is 2.71 bits per heavy atom. The summed E-state index contributed by atoms with van der Waals surface area (Å²) in [7, 11) is 3.73.